The van der Waals surface area contributed by atoms with Crippen LogP contribution in [0.25, 0.3) is 22.2 Å². The van der Waals surface area contributed by atoms with Crippen LogP contribution in [-0.2, 0) is 6.42 Å². The highest BCUT2D eigenvalue weighted by molar-refractivity contribution is 6.15. The molecule has 1 aromatic heterocycles. The first-order valence-electron chi connectivity index (χ1n) is 7.07. The third-order valence-corrected chi connectivity index (χ3v) is 4.19. The van der Waals surface area contributed by atoms with Gasteiger partial charge in [-0.25, -0.2) is 0 Å². The Morgan fingerprint density at radius 1 is 1.05 bits per heavy atom. The van der Waals surface area contributed by atoms with Gasteiger partial charge in [-0.15, -0.1) is 0 Å². The lowest BCUT2D eigenvalue weighted by Gasteiger charge is -2.12. The van der Waals surface area contributed by atoms with Crippen LogP contribution in [0, 0.1) is 10.1 Å². The van der Waals surface area contributed by atoms with E-state index in [0.717, 1.165) is 22.3 Å². The van der Waals surface area contributed by atoms with Gasteiger partial charge in [-0.3, -0.25) is 14.9 Å². The summed E-state index contributed by atoms with van der Waals surface area (Å²) in [7, 11) is 0. The highest BCUT2D eigenvalue weighted by Gasteiger charge is 2.30. The van der Waals surface area contributed by atoms with E-state index in [4.69, 9.17) is 0 Å². The number of nitrogens with zero attached hydrogens (tertiary/aromatic N) is 1. The quantitative estimate of drug-likeness (QED) is 0.575. The van der Waals surface area contributed by atoms with Crippen molar-refractivity contribution in [1.82, 2.24) is 4.98 Å². The molecule has 1 heterocycles. The van der Waals surface area contributed by atoms with Gasteiger partial charge >= 0.3 is 0 Å². The first kappa shape index (κ1) is 12.8. The van der Waals surface area contributed by atoms with Gasteiger partial charge in [0.05, 0.1) is 4.92 Å². The molecule has 108 valence electrons. The van der Waals surface area contributed by atoms with Gasteiger partial charge < -0.3 is 4.98 Å². The summed E-state index contributed by atoms with van der Waals surface area (Å²) in [6.45, 7) is 0. The first-order chi connectivity index (χ1) is 10.7. The third kappa shape index (κ3) is 1.69. The molecule has 1 N–H and O–H groups in total. The van der Waals surface area contributed by atoms with E-state index in [9.17, 15) is 14.9 Å². The number of Topliss-reactive ketones (excluding diaryl/α,β-unsaturated/α-hetero) is 1. The van der Waals surface area contributed by atoms with Gasteiger partial charge in [-0.2, -0.15) is 0 Å². The average Bonchev–Trinajstić information content (AvgIpc) is 2.91. The topological polar surface area (TPSA) is 76.0 Å². The zero-order valence-electron chi connectivity index (χ0n) is 11.6. The second kappa shape index (κ2) is 4.53. The SMILES string of the molecule is O=C1CCc2c(-c3ccccc3)[nH]c3ccc([N+](=O)[O-])c1c23. The Balaban J connectivity index is 2.10. The number of aryl methyl sites for hydroxylation is 1. The predicted molar refractivity (Wildman–Crippen MR) is 83.0 cm³/mol. The molecule has 0 aliphatic heterocycles. The summed E-state index contributed by atoms with van der Waals surface area (Å²) in [6.07, 6.45) is 0.919. The lowest BCUT2D eigenvalue weighted by atomic mass is 9.88. The van der Waals surface area contributed by atoms with Gasteiger partial charge in [0.15, 0.2) is 5.78 Å². The molecule has 5 heteroatoms. The molecule has 0 spiro atoms. The molecule has 0 unspecified atom stereocenters. The van der Waals surface area contributed by atoms with Crippen molar-refractivity contribution >= 4 is 22.4 Å². The summed E-state index contributed by atoms with van der Waals surface area (Å²) < 4.78 is 0. The maximum atomic E-state index is 12.2. The number of nitro groups is 1. The van der Waals surface area contributed by atoms with Crippen molar-refractivity contribution in [2.45, 2.75) is 12.8 Å². The summed E-state index contributed by atoms with van der Waals surface area (Å²) in [5, 5.41) is 11.9. The zero-order valence-corrected chi connectivity index (χ0v) is 11.6. The molecular formula is C17H12N2O3. The maximum Gasteiger partial charge on any atom is 0.280 e. The number of nitro benzene ring substituents is 1. The minimum atomic E-state index is -0.475. The van der Waals surface area contributed by atoms with Gasteiger partial charge in [0.2, 0.25) is 0 Å². The monoisotopic (exact) mass is 292 g/mol. The van der Waals surface area contributed by atoms with Crippen LogP contribution in [0.4, 0.5) is 5.69 Å². The molecule has 2 aromatic carbocycles. The van der Waals surface area contributed by atoms with Gasteiger partial charge in [0.25, 0.3) is 5.69 Å². The van der Waals surface area contributed by atoms with E-state index in [1.165, 1.54) is 6.07 Å². The third-order valence-electron chi connectivity index (χ3n) is 4.19. The van der Waals surface area contributed by atoms with Gasteiger partial charge in [-0.05, 0) is 23.6 Å². The minimum Gasteiger partial charge on any atom is -0.354 e. The van der Waals surface area contributed by atoms with Crippen molar-refractivity contribution in [3.8, 4) is 11.3 Å². The smallest absolute Gasteiger partial charge is 0.280 e. The van der Waals surface area contributed by atoms with E-state index in [-0.39, 0.29) is 17.0 Å². The second-order valence-corrected chi connectivity index (χ2v) is 5.41. The van der Waals surface area contributed by atoms with Crippen LogP contribution < -0.4 is 0 Å². The summed E-state index contributed by atoms with van der Waals surface area (Å²) in [6, 6.07) is 12.9. The molecule has 0 bridgehead atoms. The number of aromatic nitrogens is 1. The summed E-state index contributed by atoms with van der Waals surface area (Å²) >= 11 is 0. The van der Waals surface area contributed by atoms with Crippen LogP contribution >= 0.6 is 0 Å². The van der Waals surface area contributed by atoms with E-state index in [1.807, 2.05) is 30.3 Å². The number of ketones is 1. The molecule has 0 fully saturated rings. The van der Waals surface area contributed by atoms with Gasteiger partial charge in [-0.1, -0.05) is 30.3 Å². The van der Waals surface area contributed by atoms with E-state index >= 15 is 0 Å². The highest BCUT2D eigenvalue weighted by atomic mass is 16.6. The number of rotatable bonds is 2. The number of hydrogen-bond donors (Lipinski definition) is 1. The summed E-state index contributed by atoms with van der Waals surface area (Å²) in [4.78, 5) is 26.3. The van der Waals surface area contributed by atoms with E-state index in [2.05, 4.69) is 4.98 Å². The molecular weight excluding hydrogens is 280 g/mol. The van der Waals surface area contributed by atoms with Crippen molar-refractivity contribution in [3.63, 3.8) is 0 Å². The molecule has 0 saturated carbocycles. The van der Waals surface area contributed by atoms with Gasteiger partial charge in [0, 0.05) is 29.1 Å². The fraction of sp³-hybridized carbons (Fsp3) is 0.118. The van der Waals surface area contributed by atoms with E-state index in [0.29, 0.717) is 18.2 Å². The molecule has 4 rings (SSSR count). The lowest BCUT2D eigenvalue weighted by Crippen LogP contribution is -2.11. The number of benzene rings is 2. The molecule has 1 aliphatic carbocycles. The first-order valence-corrected chi connectivity index (χ1v) is 7.07. The number of hydrogen-bond acceptors (Lipinski definition) is 3. The molecule has 3 aromatic rings. The molecule has 0 radical (unpaired) electrons. The molecule has 1 aliphatic rings. The van der Waals surface area contributed by atoms with Crippen LogP contribution in [0.2, 0.25) is 0 Å². The summed E-state index contributed by atoms with van der Waals surface area (Å²) in [5.41, 5.74) is 3.91. The largest absolute Gasteiger partial charge is 0.354 e. The average molecular weight is 292 g/mol. The minimum absolute atomic E-state index is 0.0999. The van der Waals surface area contributed by atoms with Crippen LogP contribution in [0.1, 0.15) is 22.3 Å². The normalized spacial score (nSPS) is 13.5. The predicted octanol–water partition coefficient (Wildman–Crippen LogP) is 3.87. The van der Waals surface area contributed by atoms with Crippen molar-refractivity contribution in [1.29, 1.82) is 0 Å². The second-order valence-electron chi connectivity index (χ2n) is 5.41. The standard InChI is InChI=1S/C17H12N2O3/c20-14-9-6-11-15-12(7-8-13(16(14)15)19(21)22)18-17(11)10-4-2-1-3-5-10/h1-5,7-8,18H,6,9H2. The number of carbonyl (C=O) groups excluding carboxylic acids is 1. The Hall–Kier alpha value is -2.95. The van der Waals surface area contributed by atoms with Crippen LogP contribution in [-0.4, -0.2) is 15.7 Å². The van der Waals surface area contributed by atoms with E-state index < -0.39 is 4.92 Å². The molecule has 22 heavy (non-hydrogen) atoms. The Morgan fingerprint density at radius 2 is 1.82 bits per heavy atom. The molecule has 0 atom stereocenters. The number of carbonyl (C=O) groups is 1. The Kier molecular flexibility index (Phi) is 2.63. The Labute approximate surface area is 125 Å². The van der Waals surface area contributed by atoms with Crippen molar-refractivity contribution in [3.05, 3.63) is 63.7 Å². The Bertz CT molecular complexity index is 926. The van der Waals surface area contributed by atoms with Crippen LogP contribution in [0.3, 0.4) is 0 Å². The fourth-order valence-corrected chi connectivity index (χ4v) is 3.24. The highest BCUT2D eigenvalue weighted by Crippen LogP contribution is 2.40. The number of nitrogens with one attached hydrogen (secondary N) is 1. The fourth-order valence-electron chi connectivity index (χ4n) is 3.24. The van der Waals surface area contributed by atoms with Crippen molar-refractivity contribution in [2.75, 3.05) is 0 Å². The number of aromatic amines is 1. The Morgan fingerprint density at radius 3 is 2.55 bits per heavy atom. The van der Waals surface area contributed by atoms with Crippen LogP contribution in [0.5, 0.6) is 0 Å². The van der Waals surface area contributed by atoms with Crippen LogP contribution in [0.15, 0.2) is 42.5 Å². The zero-order chi connectivity index (χ0) is 15.3. The van der Waals surface area contributed by atoms with Crippen molar-refractivity contribution in [2.24, 2.45) is 0 Å². The molecule has 0 amide bonds. The maximum absolute atomic E-state index is 12.2. The number of H-pyrrole nitrogens is 1. The summed E-state index contributed by atoms with van der Waals surface area (Å²) in [5.74, 6) is -0.150. The van der Waals surface area contributed by atoms with E-state index in [1.54, 1.807) is 6.07 Å². The molecule has 5 nitrogen and oxygen atoms in total. The lowest BCUT2D eigenvalue weighted by molar-refractivity contribution is -0.385. The van der Waals surface area contributed by atoms with Gasteiger partial charge in [0.1, 0.15) is 5.56 Å². The molecule has 0 saturated heterocycles. The van der Waals surface area contributed by atoms with Crippen molar-refractivity contribution < 1.29 is 9.72 Å².